The number of thioether (sulfide) groups is 2. The summed E-state index contributed by atoms with van der Waals surface area (Å²) in [6.07, 6.45) is -7.66. The number of aliphatic hydroxyl groups is 2. The average Bonchev–Trinajstić information content (AvgIpc) is 3.43. The molecular formula is C35H41F6N3O5S2. The monoisotopic (exact) mass is 761 g/mol. The second-order valence-corrected chi connectivity index (χ2v) is 15.6. The summed E-state index contributed by atoms with van der Waals surface area (Å²) in [7, 11) is 0. The van der Waals surface area contributed by atoms with Crippen LogP contribution in [0, 0.1) is 5.41 Å². The molecule has 1 saturated heterocycles. The number of rotatable bonds is 16. The Morgan fingerprint density at radius 2 is 1.55 bits per heavy atom. The van der Waals surface area contributed by atoms with Gasteiger partial charge in [-0.3, -0.25) is 9.36 Å². The Morgan fingerprint density at radius 1 is 0.961 bits per heavy atom. The lowest BCUT2D eigenvalue weighted by Crippen LogP contribution is -2.29. The largest absolute Gasteiger partial charge is 0.416 e. The fraction of sp³-hybridized carbons (Fsp3) is 0.514. The van der Waals surface area contributed by atoms with Crippen LogP contribution in [0.5, 0.6) is 0 Å². The number of ether oxygens (including phenoxy) is 1. The first-order chi connectivity index (χ1) is 23.9. The van der Waals surface area contributed by atoms with Crippen LogP contribution in [0.25, 0.3) is 0 Å². The summed E-state index contributed by atoms with van der Waals surface area (Å²) in [5.74, 6) is 1.42. The number of amides is 1. The summed E-state index contributed by atoms with van der Waals surface area (Å²) in [4.78, 5) is 29.5. The molecule has 0 saturated carbocycles. The van der Waals surface area contributed by atoms with Crippen molar-refractivity contribution < 1.29 is 46.1 Å². The molecule has 2 heterocycles. The Balaban J connectivity index is 1.31. The van der Waals surface area contributed by atoms with E-state index in [1.165, 1.54) is 41.1 Å². The molecule has 51 heavy (non-hydrogen) atoms. The lowest BCUT2D eigenvalue weighted by Gasteiger charge is -2.27. The van der Waals surface area contributed by atoms with Gasteiger partial charge in [0.1, 0.15) is 18.1 Å². The van der Waals surface area contributed by atoms with Crippen LogP contribution in [0.2, 0.25) is 0 Å². The van der Waals surface area contributed by atoms with Crippen LogP contribution in [-0.2, 0) is 33.4 Å². The van der Waals surface area contributed by atoms with Crippen molar-refractivity contribution >= 4 is 35.2 Å². The maximum absolute atomic E-state index is 13.0. The predicted octanol–water partition coefficient (Wildman–Crippen LogP) is 7.68. The van der Waals surface area contributed by atoms with Crippen molar-refractivity contribution in [3.05, 3.63) is 93.5 Å². The lowest BCUT2D eigenvalue weighted by molar-refractivity contribution is -0.138. The van der Waals surface area contributed by atoms with E-state index in [-0.39, 0.29) is 29.8 Å². The Hall–Kier alpha value is -3.05. The van der Waals surface area contributed by atoms with E-state index in [4.69, 9.17) is 4.74 Å². The minimum Gasteiger partial charge on any atom is -0.394 e. The highest BCUT2D eigenvalue weighted by molar-refractivity contribution is 7.99. The number of nitrogens with one attached hydrogen (secondary N) is 1. The molecule has 2 aromatic carbocycles. The van der Waals surface area contributed by atoms with Crippen LogP contribution in [0.3, 0.4) is 0 Å². The number of hydrogen-bond donors (Lipinski definition) is 3. The average molecular weight is 762 g/mol. The molecule has 8 nitrogen and oxygen atoms in total. The molecule has 4 atom stereocenters. The fourth-order valence-corrected chi connectivity index (χ4v) is 7.89. The van der Waals surface area contributed by atoms with Gasteiger partial charge in [0.2, 0.25) is 5.91 Å². The molecule has 0 spiro atoms. The number of aromatic nitrogens is 2. The van der Waals surface area contributed by atoms with E-state index in [0.717, 1.165) is 41.8 Å². The summed E-state index contributed by atoms with van der Waals surface area (Å²) in [5, 5.41) is 22.0. The number of carbonyl (C=O) groups is 1. The van der Waals surface area contributed by atoms with Gasteiger partial charge in [0.25, 0.3) is 0 Å². The van der Waals surface area contributed by atoms with Crippen LogP contribution in [0.1, 0.15) is 74.4 Å². The van der Waals surface area contributed by atoms with Crippen molar-refractivity contribution in [2.45, 2.75) is 93.5 Å². The predicted molar refractivity (Wildman–Crippen MR) is 185 cm³/mol. The van der Waals surface area contributed by atoms with Crippen molar-refractivity contribution in [2.75, 3.05) is 17.7 Å². The molecule has 0 radical (unpaired) electrons. The zero-order chi connectivity index (χ0) is 37.4. The number of benzene rings is 2. The summed E-state index contributed by atoms with van der Waals surface area (Å²) in [6, 6.07) is 11.5. The van der Waals surface area contributed by atoms with Crippen LogP contribution in [-0.4, -0.2) is 55.5 Å². The van der Waals surface area contributed by atoms with Crippen LogP contribution < -0.4 is 11.0 Å². The van der Waals surface area contributed by atoms with Gasteiger partial charge >= 0.3 is 18.0 Å². The van der Waals surface area contributed by atoms with E-state index in [1.807, 2.05) is 13.8 Å². The first-order valence-corrected chi connectivity index (χ1v) is 18.5. The molecule has 3 N–H and O–H groups in total. The number of nitrogens with zero attached hydrogens (tertiary/aromatic N) is 2. The first kappa shape index (κ1) is 40.7. The molecule has 0 aliphatic carbocycles. The van der Waals surface area contributed by atoms with Gasteiger partial charge in [-0.1, -0.05) is 38.1 Å². The Bertz CT molecular complexity index is 1640. The molecule has 280 valence electrons. The number of anilines is 1. The molecule has 1 aliphatic heterocycles. The van der Waals surface area contributed by atoms with Gasteiger partial charge in [-0.05, 0) is 71.9 Å². The third kappa shape index (κ3) is 12.5. The standard InChI is InChI=1S/C35H41F6N3O5S2/c1-33(2,18-30(47)42-29-12-15-44(32(48)43-29)31-17-27(46)28(19-45)49-31)14-11-26(51-21-23-5-9-25(10-6-23)35(39,40)41)13-16-50-20-22-3-7-24(8-4-22)34(36,37)38/h3-10,12,15,26-28,31,45-46H,11,13-14,16-21H2,1-2H3,(H,42,43,47,48)/t26-,27?,28-,31-/m1/s1. The Labute approximate surface area is 300 Å². The smallest absolute Gasteiger partial charge is 0.394 e. The van der Waals surface area contributed by atoms with Crippen molar-refractivity contribution in [3.63, 3.8) is 0 Å². The van der Waals surface area contributed by atoms with E-state index in [9.17, 15) is 46.1 Å². The summed E-state index contributed by atoms with van der Waals surface area (Å²) < 4.78 is 84.5. The van der Waals surface area contributed by atoms with Gasteiger partial charge in [-0.15, -0.1) is 0 Å². The minimum atomic E-state index is -4.42. The van der Waals surface area contributed by atoms with Gasteiger partial charge in [-0.2, -0.15) is 54.9 Å². The van der Waals surface area contributed by atoms with Gasteiger partial charge < -0.3 is 20.3 Å². The molecule has 0 bridgehead atoms. The number of hydrogen-bond acceptors (Lipinski definition) is 8. The zero-order valence-corrected chi connectivity index (χ0v) is 29.7. The SMILES string of the molecule is CC(C)(CC[C@H](CCSCc1ccc(C(F)(F)F)cc1)SCc1ccc(C(F)(F)F)cc1)CC(=O)Nc1ccn([C@H]2CC(O)[C@@H](CO)O2)c(=O)n1. The van der Waals surface area contributed by atoms with Crippen LogP contribution in [0.4, 0.5) is 32.2 Å². The van der Waals surface area contributed by atoms with Gasteiger partial charge in [0, 0.05) is 35.8 Å². The minimum absolute atomic E-state index is 0.0596. The second-order valence-electron chi connectivity index (χ2n) is 13.2. The van der Waals surface area contributed by atoms with E-state index in [0.29, 0.717) is 30.1 Å². The zero-order valence-electron chi connectivity index (χ0n) is 28.0. The van der Waals surface area contributed by atoms with Crippen molar-refractivity contribution in [1.29, 1.82) is 0 Å². The summed E-state index contributed by atoms with van der Waals surface area (Å²) in [6.45, 7) is 3.48. The molecule has 1 amide bonds. The fourth-order valence-electron chi connectivity index (χ4n) is 5.52. The third-order valence-electron chi connectivity index (χ3n) is 8.48. The normalized spacial score (nSPS) is 18.9. The highest BCUT2D eigenvalue weighted by Crippen LogP contribution is 2.35. The molecule has 1 fully saturated rings. The van der Waals surface area contributed by atoms with Gasteiger partial charge in [0.15, 0.2) is 0 Å². The van der Waals surface area contributed by atoms with Crippen molar-refractivity contribution in [2.24, 2.45) is 5.41 Å². The molecule has 3 aromatic rings. The van der Waals surface area contributed by atoms with Crippen molar-refractivity contribution in [1.82, 2.24) is 9.55 Å². The molecule has 1 aliphatic rings. The number of carbonyl (C=O) groups excluding carboxylic acids is 1. The summed E-state index contributed by atoms with van der Waals surface area (Å²) in [5.41, 5.74) is -1.07. The quantitative estimate of drug-likeness (QED) is 0.101. The third-order valence-corrected chi connectivity index (χ3v) is 11.0. The molecule has 1 unspecified atom stereocenters. The Kier molecular flexibility index (Phi) is 14.1. The number of halogens is 6. The Morgan fingerprint density at radius 3 is 2.08 bits per heavy atom. The lowest BCUT2D eigenvalue weighted by atomic mass is 9.83. The van der Waals surface area contributed by atoms with Crippen molar-refractivity contribution in [3.8, 4) is 0 Å². The van der Waals surface area contributed by atoms with Crippen LogP contribution >= 0.6 is 23.5 Å². The molecular weight excluding hydrogens is 721 g/mol. The molecule has 16 heteroatoms. The van der Waals surface area contributed by atoms with E-state index in [2.05, 4.69) is 10.3 Å². The number of aliphatic hydroxyl groups excluding tert-OH is 2. The van der Waals surface area contributed by atoms with E-state index >= 15 is 0 Å². The molecule has 1 aromatic heterocycles. The first-order valence-electron chi connectivity index (χ1n) is 16.3. The number of alkyl halides is 6. The second kappa shape index (κ2) is 17.6. The maximum atomic E-state index is 13.0. The summed E-state index contributed by atoms with van der Waals surface area (Å²) >= 11 is 3.19. The molecule has 4 rings (SSSR count). The van der Waals surface area contributed by atoms with Gasteiger partial charge in [0.05, 0.1) is 23.8 Å². The van der Waals surface area contributed by atoms with E-state index in [1.54, 1.807) is 23.5 Å². The maximum Gasteiger partial charge on any atom is 0.416 e. The highest BCUT2D eigenvalue weighted by atomic mass is 32.2. The highest BCUT2D eigenvalue weighted by Gasteiger charge is 2.35. The van der Waals surface area contributed by atoms with E-state index < -0.39 is 59.6 Å². The van der Waals surface area contributed by atoms with Gasteiger partial charge in [-0.25, -0.2) is 4.79 Å². The topological polar surface area (TPSA) is 114 Å². The van der Waals surface area contributed by atoms with Crippen LogP contribution in [0.15, 0.2) is 65.6 Å².